The monoisotopic (exact) mass is 440 g/mol. The molecule has 0 bridgehead atoms. The topological polar surface area (TPSA) is 72.1 Å². The Morgan fingerprint density at radius 1 is 1.19 bits per heavy atom. The highest BCUT2D eigenvalue weighted by Crippen LogP contribution is 2.31. The minimum Gasteiger partial charge on any atom is -0.462 e. The zero-order chi connectivity index (χ0) is 23.5. The number of carbonyl (C=O) groups is 2. The molecule has 0 radical (unpaired) electrons. The molecular formula is C24H19F3N2O3. The molecular weight excluding hydrogens is 421 g/mol. The minimum absolute atomic E-state index is 0.106. The highest BCUT2D eigenvalue weighted by atomic mass is 19.4. The number of esters is 1. The number of fused-ring (bicyclic) bond motifs is 1. The summed E-state index contributed by atoms with van der Waals surface area (Å²) in [5, 5.41) is 9.91. The maximum atomic E-state index is 13.1. The molecule has 32 heavy (non-hydrogen) atoms. The molecule has 3 aromatic rings. The van der Waals surface area contributed by atoms with Crippen molar-refractivity contribution < 1.29 is 27.5 Å². The lowest BCUT2D eigenvalue weighted by molar-refractivity contribution is -0.138. The lowest BCUT2D eigenvalue weighted by Crippen LogP contribution is -2.13. The van der Waals surface area contributed by atoms with E-state index in [1.54, 1.807) is 37.3 Å². The first kappa shape index (κ1) is 22.8. The molecule has 3 rings (SSSR count). The average molecular weight is 440 g/mol. The van der Waals surface area contributed by atoms with Gasteiger partial charge in [0, 0.05) is 17.1 Å². The second-order valence-electron chi connectivity index (χ2n) is 7.14. The van der Waals surface area contributed by atoms with Gasteiger partial charge in [0.25, 0.3) is 0 Å². The van der Waals surface area contributed by atoms with Crippen LogP contribution in [0.2, 0.25) is 0 Å². The van der Waals surface area contributed by atoms with Crippen molar-refractivity contribution in [3.63, 3.8) is 0 Å². The number of hydrogen-bond donors (Lipinski definition) is 0. The van der Waals surface area contributed by atoms with Gasteiger partial charge < -0.3 is 4.74 Å². The number of alkyl halides is 3. The van der Waals surface area contributed by atoms with Gasteiger partial charge in [0.1, 0.15) is 11.6 Å². The second-order valence-corrected chi connectivity index (χ2v) is 7.14. The Kier molecular flexibility index (Phi) is 6.49. The summed E-state index contributed by atoms with van der Waals surface area (Å²) in [4.78, 5) is 25.0. The number of aromatic nitrogens is 1. The number of nitrogens with zero attached hydrogens (tertiary/aromatic N) is 2. The average Bonchev–Trinajstić information content (AvgIpc) is 3.09. The molecule has 0 amide bonds. The number of para-hydroxylation sites is 1. The van der Waals surface area contributed by atoms with E-state index in [0.717, 1.165) is 12.1 Å². The van der Waals surface area contributed by atoms with Gasteiger partial charge in [0.2, 0.25) is 5.91 Å². The molecule has 164 valence electrons. The summed E-state index contributed by atoms with van der Waals surface area (Å²) in [6, 6.07) is 12.2. The SMILES string of the molecule is CCOC(=O)/C(C#N)=C/c1cn(C(=O)Cc2cc(C)cc(C(F)(F)F)c2)c2ccccc12. The van der Waals surface area contributed by atoms with E-state index in [1.165, 1.54) is 29.8 Å². The summed E-state index contributed by atoms with van der Waals surface area (Å²) in [5.74, 6) is -1.23. The van der Waals surface area contributed by atoms with Crippen molar-refractivity contribution in [1.82, 2.24) is 4.57 Å². The van der Waals surface area contributed by atoms with E-state index in [1.807, 2.05) is 0 Å². The normalized spacial score (nSPS) is 11.9. The number of halogens is 3. The highest BCUT2D eigenvalue weighted by Gasteiger charge is 2.31. The van der Waals surface area contributed by atoms with Gasteiger partial charge in [0.15, 0.2) is 0 Å². The van der Waals surface area contributed by atoms with Crippen molar-refractivity contribution >= 4 is 28.9 Å². The van der Waals surface area contributed by atoms with Crippen molar-refractivity contribution in [2.45, 2.75) is 26.4 Å². The van der Waals surface area contributed by atoms with Crippen LogP contribution in [0.4, 0.5) is 13.2 Å². The van der Waals surface area contributed by atoms with Crippen molar-refractivity contribution in [1.29, 1.82) is 5.26 Å². The zero-order valence-electron chi connectivity index (χ0n) is 17.4. The van der Waals surface area contributed by atoms with Gasteiger partial charge in [0.05, 0.1) is 24.1 Å². The van der Waals surface area contributed by atoms with Gasteiger partial charge in [-0.2, -0.15) is 18.4 Å². The highest BCUT2D eigenvalue weighted by molar-refractivity contribution is 6.03. The fourth-order valence-corrected chi connectivity index (χ4v) is 3.42. The number of ether oxygens (including phenoxy) is 1. The van der Waals surface area contributed by atoms with Crippen LogP contribution in [0, 0.1) is 18.3 Å². The van der Waals surface area contributed by atoms with Crippen molar-refractivity contribution in [2.24, 2.45) is 0 Å². The number of benzene rings is 2. The van der Waals surface area contributed by atoms with E-state index in [0.29, 0.717) is 22.0 Å². The molecule has 8 heteroatoms. The van der Waals surface area contributed by atoms with Crippen LogP contribution in [0.5, 0.6) is 0 Å². The Bertz CT molecular complexity index is 1260. The summed E-state index contributed by atoms with van der Waals surface area (Å²) < 4.78 is 45.6. The Morgan fingerprint density at radius 3 is 2.56 bits per heavy atom. The van der Waals surface area contributed by atoms with Gasteiger partial charge in [-0.25, -0.2) is 4.79 Å². The molecule has 0 unspecified atom stereocenters. The molecule has 0 aliphatic heterocycles. The van der Waals surface area contributed by atoms with Gasteiger partial charge in [-0.1, -0.05) is 29.8 Å². The molecule has 0 spiro atoms. The molecule has 1 aromatic heterocycles. The van der Waals surface area contributed by atoms with Gasteiger partial charge in [-0.3, -0.25) is 9.36 Å². The van der Waals surface area contributed by atoms with E-state index in [2.05, 4.69) is 0 Å². The van der Waals surface area contributed by atoms with Crippen LogP contribution in [-0.2, 0) is 22.1 Å². The van der Waals surface area contributed by atoms with Crippen LogP contribution < -0.4 is 0 Å². The van der Waals surface area contributed by atoms with Gasteiger partial charge in [-0.15, -0.1) is 0 Å². The van der Waals surface area contributed by atoms with Crippen molar-refractivity contribution in [3.05, 3.63) is 76.5 Å². The van der Waals surface area contributed by atoms with E-state index in [-0.39, 0.29) is 24.2 Å². The molecule has 0 N–H and O–H groups in total. The maximum Gasteiger partial charge on any atom is 0.416 e. The van der Waals surface area contributed by atoms with E-state index >= 15 is 0 Å². The lowest BCUT2D eigenvalue weighted by atomic mass is 10.0. The van der Waals surface area contributed by atoms with Crippen LogP contribution in [0.1, 0.15) is 34.0 Å². The number of rotatable bonds is 5. The molecule has 0 aliphatic carbocycles. The fraction of sp³-hybridized carbons (Fsp3) is 0.208. The smallest absolute Gasteiger partial charge is 0.416 e. The minimum atomic E-state index is -4.51. The largest absolute Gasteiger partial charge is 0.462 e. The Labute approximate surface area is 182 Å². The first-order chi connectivity index (χ1) is 15.1. The number of nitriles is 1. The zero-order valence-corrected chi connectivity index (χ0v) is 17.4. The Hall–Kier alpha value is -3.86. The lowest BCUT2D eigenvalue weighted by Gasteiger charge is -2.11. The summed E-state index contributed by atoms with van der Waals surface area (Å²) in [5.41, 5.74) is 0.551. The van der Waals surface area contributed by atoms with Crippen LogP contribution >= 0.6 is 0 Å². The van der Waals surface area contributed by atoms with Gasteiger partial charge >= 0.3 is 12.1 Å². The predicted molar refractivity (Wildman–Crippen MR) is 113 cm³/mol. The van der Waals surface area contributed by atoms with Crippen LogP contribution in [-0.4, -0.2) is 23.1 Å². The quantitative estimate of drug-likeness (QED) is 0.306. The third kappa shape index (κ3) is 4.89. The van der Waals surface area contributed by atoms with E-state index in [9.17, 15) is 28.0 Å². The fourth-order valence-electron chi connectivity index (χ4n) is 3.42. The molecule has 0 saturated heterocycles. The third-order valence-electron chi connectivity index (χ3n) is 4.75. The number of aryl methyl sites for hydroxylation is 1. The first-order valence-electron chi connectivity index (χ1n) is 9.74. The Balaban J connectivity index is 2.02. The van der Waals surface area contributed by atoms with Crippen molar-refractivity contribution in [2.75, 3.05) is 6.61 Å². The molecule has 5 nitrogen and oxygen atoms in total. The number of hydrogen-bond acceptors (Lipinski definition) is 4. The van der Waals surface area contributed by atoms with E-state index < -0.39 is 23.6 Å². The number of carbonyl (C=O) groups excluding carboxylic acids is 2. The summed E-state index contributed by atoms with van der Waals surface area (Å²) in [7, 11) is 0. The second kappa shape index (κ2) is 9.10. The summed E-state index contributed by atoms with van der Waals surface area (Å²) in [6.07, 6.45) is -1.97. The molecule has 0 fully saturated rings. The van der Waals surface area contributed by atoms with Crippen LogP contribution in [0.15, 0.2) is 54.2 Å². The van der Waals surface area contributed by atoms with Crippen molar-refractivity contribution in [3.8, 4) is 6.07 Å². The van der Waals surface area contributed by atoms with E-state index in [4.69, 9.17) is 4.74 Å². The standard InChI is InChI=1S/C24H19F3N2O3/c1-3-32-23(31)17(13-28)12-18-14-29(21-7-5-4-6-20(18)21)22(30)11-16-8-15(2)9-19(10-16)24(25,26)27/h4-10,12,14H,3,11H2,1-2H3/b17-12+. The molecule has 2 aromatic carbocycles. The molecule has 0 saturated carbocycles. The predicted octanol–water partition coefficient (Wildman–Crippen LogP) is 5.32. The summed E-state index contributed by atoms with van der Waals surface area (Å²) >= 11 is 0. The van der Waals surface area contributed by atoms with Crippen LogP contribution in [0.3, 0.4) is 0 Å². The van der Waals surface area contributed by atoms with Crippen LogP contribution in [0.25, 0.3) is 17.0 Å². The van der Waals surface area contributed by atoms with Gasteiger partial charge in [-0.05, 0) is 43.7 Å². The first-order valence-corrected chi connectivity index (χ1v) is 9.74. The maximum absolute atomic E-state index is 13.1. The molecule has 0 atom stereocenters. The third-order valence-corrected chi connectivity index (χ3v) is 4.75. The molecule has 1 heterocycles. The Morgan fingerprint density at radius 2 is 1.91 bits per heavy atom. The summed E-state index contributed by atoms with van der Waals surface area (Å²) in [6.45, 7) is 3.26. The molecule has 0 aliphatic rings.